The lowest BCUT2D eigenvalue weighted by Crippen LogP contribution is -2.08. The standard InChI is InChI=1S/C18H20N2O/c1-14-4-6-15(7-5-14)18(21)12-13-19-16-8-10-17(11-9-16)20(2)3/h4-13,19H,1-3H3/b13-12+. The Bertz CT molecular complexity index is 625. The van der Waals surface area contributed by atoms with E-state index in [-0.39, 0.29) is 5.78 Å². The lowest BCUT2D eigenvalue weighted by atomic mass is 10.1. The highest BCUT2D eigenvalue weighted by atomic mass is 16.1. The van der Waals surface area contributed by atoms with E-state index in [1.807, 2.05) is 74.4 Å². The summed E-state index contributed by atoms with van der Waals surface area (Å²) in [6, 6.07) is 15.6. The van der Waals surface area contributed by atoms with Crippen molar-refractivity contribution in [3.63, 3.8) is 0 Å². The van der Waals surface area contributed by atoms with Gasteiger partial charge in [0.05, 0.1) is 0 Å². The molecule has 3 nitrogen and oxygen atoms in total. The molecule has 2 aromatic rings. The van der Waals surface area contributed by atoms with E-state index in [9.17, 15) is 4.79 Å². The highest BCUT2D eigenvalue weighted by Crippen LogP contribution is 2.15. The molecule has 0 fully saturated rings. The zero-order valence-electron chi connectivity index (χ0n) is 12.6. The summed E-state index contributed by atoms with van der Waals surface area (Å²) in [4.78, 5) is 14.0. The van der Waals surface area contributed by atoms with Gasteiger partial charge in [-0.05, 0) is 31.2 Å². The van der Waals surface area contributed by atoms with Gasteiger partial charge in [0.15, 0.2) is 5.78 Å². The molecule has 21 heavy (non-hydrogen) atoms. The molecule has 2 aromatic carbocycles. The van der Waals surface area contributed by atoms with Crippen molar-refractivity contribution in [3.8, 4) is 0 Å². The molecule has 0 heterocycles. The monoisotopic (exact) mass is 280 g/mol. The first-order valence-electron chi connectivity index (χ1n) is 6.88. The van der Waals surface area contributed by atoms with E-state index < -0.39 is 0 Å². The number of carbonyl (C=O) groups excluding carboxylic acids is 1. The van der Waals surface area contributed by atoms with E-state index in [4.69, 9.17) is 0 Å². The van der Waals surface area contributed by atoms with Crippen molar-refractivity contribution < 1.29 is 4.79 Å². The van der Waals surface area contributed by atoms with Crippen LogP contribution in [0.15, 0.2) is 60.8 Å². The molecule has 0 unspecified atom stereocenters. The third kappa shape index (κ3) is 4.21. The molecule has 1 N–H and O–H groups in total. The van der Waals surface area contributed by atoms with Crippen LogP contribution < -0.4 is 10.2 Å². The van der Waals surface area contributed by atoms with E-state index in [1.165, 1.54) is 0 Å². The van der Waals surface area contributed by atoms with Crippen molar-refractivity contribution in [2.75, 3.05) is 24.3 Å². The number of allylic oxidation sites excluding steroid dienone is 1. The van der Waals surface area contributed by atoms with E-state index >= 15 is 0 Å². The molecule has 0 aromatic heterocycles. The second kappa shape index (κ2) is 6.75. The van der Waals surface area contributed by atoms with Crippen LogP contribution in [-0.2, 0) is 0 Å². The summed E-state index contributed by atoms with van der Waals surface area (Å²) in [5.41, 5.74) is 3.94. The van der Waals surface area contributed by atoms with E-state index in [0.29, 0.717) is 5.56 Å². The Hall–Kier alpha value is -2.55. The van der Waals surface area contributed by atoms with Gasteiger partial charge in [-0.2, -0.15) is 0 Å². The van der Waals surface area contributed by atoms with Crippen LogP contribution in [0.25, 0.3) is 0 Å². The smallest absolute Gasteiger partial charge is 0.187 e. The summed E-state index contributed by atoms with van der Waals surface area (Å²) in [6.45, 7) is 2.00. The molecule has 0 saturated carbocycles. The number of rotatable bonds is 5. The minimum atomic E-state index is -0.00703. The summed E-state index contributed by atoms with van der Waals surface area (Å²) >= 11 is 0. The van der Waals surface area contributed by atoms with Crippen LogP contribution in [0.2, 0.25) is 0 Å². The lowest BCUT2D eigenvalue weighted by molar-refractivity contribution is 0.104. The molecule has 0 aliphatic rings. The van der Waals surface area contributed by atoms with Crippen molar-refractivity contribution in [2.45, 2.75) is 6.92 Å². The van der Waals surface area contributed by atoms with Crippen LogP contribution in [0.1, 0.15) is 15.9 Å². The van der Waals surface area contributed by atoms with Gasteiger partial charge in [-0.15, -0.1) is 0 Å². The molecule has 0 aliphatic carbocycles. The average molecular weight is 280 g/mol. The zero-order chi connectivity index (χ0) is 15.2. The minimum Gasteiger partial charge on any atom is -0.378 e. The molecule has 0 saturated heterocycles. The molecule has 0 atom stereocenters. The second-order valence-electron chi connectivity index (χ2n) is 5.15. The third-order valence-corrected chi connectivity index (χ3v) is 3.20. The van der Waals surface area contributed by atoms with E-state index in [2.05, 4.69) is 5.32 Å². The minimum absolute atomic E-state index is 0.00703. The Morgan fingerprint density at radius 1 is 1.00 bits per heavy atom. The number of ketones is 1. The van der Waals surface area contributed by atoms with Gasteiger partial charge in [0.1, 0.15) is 0 Å². The molecular weight excluding hydrogens is 260 g/mol. The summed E-state index contributed by atoms with van der Waals surface area (Å²) in [7, 11) is 4.01. The topological polar surface area (TPSA) is 32.3 Å². The zero-order valence-corrected chi connectivity index (χ0v) is 12.6. The Kier molecular flexibility index (Phi) is 4.77. The number of nitrogens with zero attached hydrogens (tertiary/aromatic N) is 1. The van der Waals surface area contributed by atoms with Crippen molar-refractivity contribution >= 4 is 17.2 Å². The van der Waals surface area contributed by atoms with Crippen molar-refractivity contribution in [1.29, 1.82) is 0 Å². The summed E-state index contributed by atoms with van der Waals surface area (Å²) in [5, 5.41) is 3.10. The number of hydrogen-bond donors (Lipinski definition) is 1. The first kappa shape index (κ1) is 14.9. The van der Waals surface area contributed by atoms with Crippen LogP contribution in [0.4, 0.5) is 11.4 Å². The van der Waals surface area contributed by atoms with Crippen molar-refractivity contribution in [3.05, 3.63) is 71.9 Å². The number of nitrogens with one attached hydrogen (secondary N) is 1. The SMILES string of the molecule is Cc1ccc(C(=O)/C=C/Nc2ccc(N(C)C)cc2)cc1. The maximum Gasteiger partial charge on any atom is 0.187 e. The molecule has 108 valence electrons. The number of hydrogen-bond acceptors (Lipinski definition) is 3. The molecule has 0 spiro atoms. The summed E-state index contributed by atoms with van der Waals surface area (Å²) < 4.78 is 0. The van der Waals surface area contributed by atoms with Gasteiger partial charge in [0.2, 0.25) is 0 Å². The maximum absolute atomic E-state index is 12.0. The Morgan fingerprint density at radius 3 is 2.19 bits per heavy atom. The van der Waals surface area contributed by atoms with Crippen LogP contribution >= 0.6 is 0 Å². The number of benzene rings is 2. The average Bonchev–Trinajstić information content (AvgIpc) is 2.48. The Balaban J connectivity index is 1.95. The fourth-order valence-corrected chi connectivity index (χ4v) is 1.88. The first-order valence-corrected chi connectivity index (χ1v) is 6.88. The molecular formula is C18H20N2O. The highest BCUT2D eigenvalue weighted by molar-refractivity contribution is 6.04. The van der Waals surface area contributed by atoms with Gasteiger partial charge in [-0.3, -0.25) is 4.79 Å². The lowest BCUT2D eigenvalue weighted by Gasteiger charge is -2.12. The highest BCUT2D eigenvalue weighted by Gasteiger charge is 2.00. The molecule has 2 rings (SSSR count). The number of anilines is 2. The van der Waals surface area contributed by atoms with Crippen LogP contribution in [0.5, 0.6) is 0 Å². The Labute approximate surface area is 125 Å². The second-order valence-corrected chi connectivity index (χ2v) is 5.15. The molecule has 0 aliphatic heterocycles. The van der Waals surface area contributed by atoms with Gasteiger partial charge >= 0.3 is 0 Å². The van der Waals surface area contributed by atoms with Gasteiger partial charge in [-0.1, -0.05) is 29.8 Å². The van der Waals surface area contributed by atoms with Crippen LogP contribution in [-0.4, -0.2) is 19.9 Å². The fraction of sp³-hybridized carbons (Fsp3) is 0.167. The van der Waals surface area contributed by atoms with Gasteiger partial charge < -0.3 is 10.2 Å². The maximum atomic E-state index is 12.0. The molecule has 0 bridgehead atoms. The van der Waals surface area contributed by atoms with Crippen molar-refractivity contribution in [2.24, 2.45) is 0 Å². The van der Waals surface area contributed by atoms with Crippen LogP contribution in [0.3, 0.4) is 0 Å². The van der Waals surface area contributed by atoms with Crippen LogP contribution in [0, 0.1) is 6.92 Å². The Morgan fingerprint density at radius 2 is 1.62 bits per heavy atom. The molecule has 0 amide bonds. The first-order chi connectivity index (χ1) is 10.1. The van der Waals surface area contributed by atoms with E-state index in [0.717, 1.165) is 16.9 Å². The van der Waals surface area contributed by atoms with Gasteiger partial charge in [0.25, 0.3) is 0 Å². The molecule has 3 heteroatoms. The third-order valence-electron chi connectivity index (χ3n) is 3.20. The van der Waals surface area contributed by atoms with Gasteiger partial charge in [-0.25, -0.2) is 0 Å². The quantitative estimate of drug-likeness (QED) is 0.666. The fourth-order valence-electron chi connectivity index (χ4n) is 1.88. The van der Waals surface area contributed by atoms with Crippen molar-refractivity contribution in [1.82, 2.24) is 0 Å². The number of carbonyl (C=O) groups is 1. The summed E-state index contributed by atoms with van der Waals surface area (Å²) in [5.74, 6) is -0.00703. The normalized spacial score (nSPS) is 10.6. The van der Waals surface area contributed by atoms with E-state index in [1.54, 1.807) is 12.3 Å². The number of aryl methyl sites for hydroxylation is 1. The largest absolute Gasteiger partial charge is 0.378 e. The van der Waals surface area contributed by atoms with Gasteiger partial charge in [0, 0.05) is 43.3 Å². The molecule has 0 radical (unpaired) electrons. The predicted molar refractivity (Wildman–Crippen MR) is 89.0 cm³/mol. The predicted octanol–water partition coefficient (Wildman–Crippen LogP) is 3.87. The summed E-state index contributed by atoms with van der Waals surface area (Å²) in [6.07, 6.45) is 3.22.